The van der Waals surface area contributed by atoms with Crippen molar-refractivity contribution in [2.45, 2.75) is 51.5 Å². The van der Waals surface area contributed by atoms with Crippen LogP contribution in [0.1, 0.15) is 45.4 Å². The van der Waals surface area contributed by atoms with Crippen LogP contribution >= 0.6 is 0 Å². The van der Waals surface area contributed by atoms with Crippen molar-refractivity contribution in [2.75, 3.05) is 6.54 Å². The number of rotatable bonds is 3. The monoisotopic (exact) mass is 317 g/mol. The lowest BCUT2D eigenvalue weighted by Crippen LogP contribution is -2.42. The Morgan fingerprint density at radius 2 is 2.09 bits per heavy atom. The lowest BCUT2D eigenvalue weighted by molar-refractivity contribution is -0.120. The van der Waals surface area contributed by atoms with Crippen LogP contribution in [0.2, 0.25) is 0 Å². The fraction of sp³-hybridized carbons (Fsp3) is 0.556. The normalized spacial score (nSPS) is 28.7. The van der Waals surface area contributed by atoms with E-state index in [0.717, 1.165) is 24.8 Å². The van der Waals surface area contributed by atoms with Crippen LogP contribution < -0.4 is 0 Å². The molecule has 2 atom stereocenters. The summed E-state index contributed by atoms with van der Waals surface area (Å²) < 4.78 is 0. The second kappa shape index (κ2) is 6.22. The molecular formula is C18H23NO4. The minimum absolute atomic E-state index is 0.0221. The third kappa shape index (κ3) is 3.05. The van der Waals surface area contributed by atoms with Crippen LogP contribution in [-0.4, -0.2) is 39.9 Å². The van der Waals surface area contributed by atoms with Gasteiger partial charge in [0.15, 0.2) is 5.76 Å². The van der Waals surface area contributed by atoms with Gasteiger partial charge in [-0.05, 0) is 36.8 Å². The summed E-state index contributed by atoms with van der Waals surface area (Å²) in [4.78, 5) is 25.0. The quantitative estimate of drug-likeness (QED) is 0.620. The van der Waals surface area contributed by atoms with Gasteiger partial charge >= 0.3 is 0 Å². The molecule has 1 heterocycles. The smallest absolute Gasteiger partial charge is 0.210 e. The minimum Gasteiger partial charge on any atom is -0.508 e. The van der Waals surface area contributed by atoms with Gasteiger partial charge in [-0.3, -0.25) is 9.59 Å². The highest BCUT2D eigenvalue weighted by atomic mass is 16.3. The predicted molar refractivity (Wildman–Crippen MR) is 85.8 cm³/mol. The fourth-order valence-electron chi connectivity index (χ4n) is 3.94. The number of carbonyl (C=O) groups is 2. The third-order valence-corrected chi connectivity index (χ3v) is 5.33. The van der Waals surface area contributed by atoms with Crippen molar-refractivity contribution < 1.29 is 19.8 Å². The minimum atomic E-state index is -0.0698. The highest BCUT2D eigenvalue weighted by Crippen LogP contribution is 2.38. The van der Waals surface area contributed by atoms with Gasteiger partial charge in [0.1, 0.15) is 11.5 Å². The molecule has 0 aromatic carbocycles. The number of hydrogen-bond acceptors (Lipinski definition) is 4. The molecule has 0 bridgehead atoms. The number of ketones is 1. The topological polar surface area (TPSA) is 77.8 Å². The van der Waals surface area contributed by atoms with E-state index in [1.807, 2.05) is 11.8 Å². The van der Waals surface area contributed by atoms with Crippen LogP contribution in [0.4, 0.5) is 0 Å². The second-order valence-corrected chi connectivity index (χ2v) is 6.81. The molecule has 1 aliphatic heterocycles. The predicted octanol–water partition coefficient (Wildman–Crippen LogP) is 2.95. The Hall–Kier alpha value is -2.04. The average molecular weight is 317 g/mol. The Bertz CT molecular complexity index is 629. The van der Waals surface area contributed by atoms with Gasteiger partial charge in [-0.15, -0.1) is 0 Å². The Kier molecular flexibility index (Phi) is 4.28. The zero-order chi connectivity index (χ0) is 16.6. The number of Topliss-reactive ketones (excluding diaryl/α,β-unsaturated/α-hetero) is 1. The summed E-state index contributed by atoms with van der Waals surface area (Å²) in [7, 11) is 0. The highest BCUT2D eigenvalue weighted by Gasteiger charge is 2.34. The van der Waals surface area contributed by atoms with E-state index in [0.29, 0.717) is 32.2 Å². The van der Waals surface area contributed by atoms with E-state index in [-0.39, 0.29) is 29.3 Å². The fourth-order valence-corrected chi connectivity index (χ4v) is 3.94. The third-order valence-electron chi connectivity index (χ3n) is 5.33. The number of allylic oxidation sites excluding steroid dienone is 2. The average Bonchev–Trinajstić information content (AvgIpc) is 2.52. The van der Waals surface area contributed by atoms with Crippen molar-refractivity contribution in [2.24, 2.45) is 5.92 Å². The zero-order valence-electron chi connectivity index (χ0n) is 13.4. The maximum Gasteiger partial charge on any atom is 0.210 e. The first kappa shape index (κ1) is 15.8. The molecule has 0 aromatic heterocycles. The molecule has 0 saturated carbocycles. The SMILES string of the molecule is CC1CC(O)=C(O)C=C1CC1C2=C(CCN1C=O)CC(=O)CC2. The van der Waals surface area contributed by atoms with E-state index in [9.17, 15) is 19.8 Å². The summed E-state index contributed by atoms with van der Waals surface area (Å²) in [6, 6.07) is -0.0221. The van der Waals surface area contributed by atoms with Gasteiger partial charge in [-0.2, -0.15) is 0 Å². The summed E-state index contributed by atoms with van der Waals surface area (Å²) in [5.74, 6) is 0.383. The first-order valence-electron chi connectivity index (χ1n) is 8.24. The van der Waals surface area contributed by atoms with E-state index >= 15 is 0 Å². The van der Waals surface area contributed by atoms with Gasteiger partial charge in [0, 0.05) is 25.8 Å². The molecule has 1 amide bonds. The summed E-state index contributed by atoms with van der Waals surface area (Å²) >= 11 is 0. The van der Waals surface area contributed by atoms with Crippen molar-refractivity contribution in [3.05, 3.63) is 34.3 Å². The summed E-state index contributed by atoms with van der Waals surface area (Å²) in [5.41, 5.74) is 3.48. The van der Waals surface area contributed by atoms with E-state index in [1.165, 1.54) is 11.1 Å². The summed E-state index contributed by atoms with van der Waals surface area (Å²) in [5, 5.41) is 19.5. The number of amides is 1. The maximum absolute atomic E-state index is 11.7. The van der Waals surface area contributed by atoms with Crippen molar-refractivity contribution in [3.63, 3.8) is 0 Å². The largest absolute Gasteiger partial charge is 0.508 e. The van der Waals surface area contributed by atoms with Crippen LogP contribution in [-0.2, 0) is 9.59 Å². The molecule has 2 N–H and O–H groups in total. The molecule has 0 saturated heterocycles. The number of carbonyl (C=O) groups excluding carboxylic acids is 2. The lowest BCUT2D eigenvalue weighted by atomic mass is 9.78. The molecule has 5 nitrogen and oxygen atoms in total. The van der Waals surface area contributed by atoms with Crippen molar-refractivity contribution in [3.8, 4) is 0 Å². The highest BCUT2D eigenvalue weighted by molar-refractivity contribution is 5.83. The second-order valence-electron chi connectivity index (χ2n) is 6.81. The van der Waals surface area contributed by atoms with Gasteiger partial charge in [-0.25, -0.2) is 0 Å². The molecule has 23 heavy (non-hydrogen) atoms. The number of aliphatic hydroxyl groups is 2. The molecule has 0 aromatic rings. The molecule has 3 rings (SSSR count). The van der Waals surface area contributed by atoms with Crippen LogP contribution in [0.5, 0.6) is 0 Å². The van der Waals surface area contributed by atoms with Gasteiger partial charge in [0.05, 0.1) is 6.04 Å². The summed E-state index contributed by atoms with van der Waals surface area (Å²) in [6.07, 6.45) is 6.22. The number of nitrogens with zero attached hydrogens (tertiary/aromatic N) is 1. The first-order chi connectivity index (χ1) is 11.0. The van der Waals surface area contributed by atoms with Crippen LogP contribution in [0.3, 0.4) is 0 Å². The van der Waals surface area contributed by atoms with Gasteiger partial charge < -0.3 is 15.1 Å². The van der Waals surface area contributed by atoms with E-state index in [4.69, 9.17) is 0 Å². The molecular weight excluding hydrogens is 294 g/mol. The van der Waals surface area contributed by atoms with Crippen molar-refractivity contribution in [1.29, 1.82) is 0 Å². The zero-order valence-corrected chi connectivity index (χ0v) is 13.4. The van der Waals surface area contributed by atoms with Gasteiger partial charge in [0.25, 0.3) is 0 Å². The molecule has 0 radical (unpaired) electrons. The molecule has 124 valence electrons. The standard InChI is InChI=1S/C18H23NO4/c1-11-6-17(22)18(23)9-13(11)8-16-15-3-2-14(21)7-12(15)4-5-19(16)10-20/h9-11,16,22-23H,2-8H2,1H3. The summed E-state index contributed by atoms with van der Waals surface area (Å²) in [6.45, 7) is 2.66. The Labute approximate surface area is 136 Å². The molecule has 0 fully saturated rings. The van der Waals surface area contributed by atoms with Crippen molar-refractivity contribution >= 4 is 12.2 Å². The molecule has 2 aliphatic carbocycles. The van der Waals surface area contributed by atoms with Crippen LogP contribution in [0.15, 0.2) is 34.3 Å². The first-order valence-corrected chi connectivity index (χ1v) is 8.24. The van der Waals surface area contributed by atoms with E-state index in [1.54, 1.807) is 6.08 Å². The van der Waals surface area contributed by atoms with Crippen molar-refractivity contribution in [1.82, 2.24) is 4.90 Å². The number of aliphatic hydroxyl groups excluding tert-OH is 2. The van der Waals surface area contributed by atoms with Gasteiger partial charge in [0.2, 0.25) is 6.41 Å². The molecule has 2 unspecified atom stereocenters. The maximum atomic E-state index is 11.7. The Morgan fingerprint density at radius 1 is 1.30 bits per heavy atom. The Balaban J connectivity index is 1.89. The molecule has 5 heteroatoms. The Morgan fingerprint density at radius 3 is 2.83 bits per heavy atom. The van der Waals surface area contributed by atoms with E-state index < -0.39 is 0 Å². The lowest BCUT2D eigenvalue weighted by Gasteiger charge is -2.40. The van der Waals surface area contributed by atoms with Crippen LogP contribution in [0.25, 0.3) is 0 Å². The number of hydrogen-bond donors (Lipinski definition) is 2. The molecule has 0 spiro atoms. The van der Waals surface area contributed by atoms with E-state index in [2.05, 4.69) is 0 Å². The molecule has 3 aliphatic rings. The van der Waals surface area contributed by atoms with Crippen LogP contribution in [0, 0.1) is 5.92 Å². The van der Waals surface area contributed by atoms with Gasteiger partial charge in [-0.1, -0.05) is 18.1 Å².